The molecule has 7 aromatic carbocycles. The smallest absolute Gasteiger partial charge is 0.0726 e. The van der Waals surface area contributed by atoms with Gasteiger partial charge in [-0.2, -0.15) is 0 Å². The minimum atomic E-state index is -0.0571. The predicted octanol–water partition coefficient (Wildman–Crippen LogP) is 20.0. The minimum absolute atomic E-state index is 0.00381. The van der Waals surface area contributed by atoms with E-state index in [1.54, 1.807) is 0 Å². The molecule has 0 N–H and O–H groups in total. The monoisotopic (exact) mass is 988 g/mol. The van der Waals surface area contributed by atoms with Gasteiger partial charge >= 0.3 is 0 Å². The first-order chi connectivity index (χ1) is 32.4. The molecule has 70 heavy (non-hydrogen) atoms. The Morgan fingerprint density at radius 1 is 0.343 bits per heavy atom. The highest BCUT2D eigenvalue weighted by Gasteiger charge is 2.34. The summed E-state index contributed by atoms with van der Waals surface area (Å²) in [6.45, 7) is 41.8. The highest BCUT2D eigenvalue weighted by Crippen LogP contribution is 2.56. The highest BCUT2D eigenvalue weighted by atomic mass is 79.9. The topological polar surface area (TPSA) is 12.6 Å². The molecule has 0 bridgehead atoms. The van der Waals surface area contributed by atoms with E-state index in [0.717, 1.165) is 27.2 Å². The maximum absolute atomic E-state index is 4.66. The van der Waals surface area contributed by atoms with Crippen LogP contribution in [-0.4, -0.2) is 8.97 Å². The Kier molecular flexibility index (Phi) is 10.8. The van der Waals surface area contributed by atoms with Crippen molar-refractivity contribution < 1.29 is 0 Å². The van der Waals surface area contributed by atoms with Gasteiger partial charge in [0, 0.05) is 43.7 Å². The largest absolute Gasteiger partial charge is 0.309 e. The number of hydrogen-bond donors (Lipinski definition) is 0. The average Bonchev–Trinajstić information content (AvgIpc) is 3.89. The molecule has 10 rings (SSSR count). The van der Waals surface area contributed by atoms with Gasteiger partial charge in [-0.05, 0) is 155 Å². The van der Waals surface area contributed by atoms with Crippen LogP contribution < -0.4 is 4.90 Å². The minimum Gasteiger partial charge on any atom is -0.309 e. The Balaban J connectivity index is 1.48. The number of nitrogens with zero attached hydrogens (tertiary/aromatic N) is 3. The Morgan fingerprint density at radius 3 is 0.986 bits per heavy atom. The lowest BCUT2D eigenvalue weighted by atomic mass is 9.85. The van der Waals surface area contributed by atoms with Crippen LogP contribution in [0.5, 0.6) is 0 Å². The fourth-order valence-electron chi connectivity index (χ4n) is 10.8. The first-order valence-corrected chi connectivity index (χ1v) is 26.3. The number of halogens is 1. The standard InChI is InChI=1S/C66H74BrN3/c1-61(2,3)39-19-27-45(28-20-39)68(46-29-21-40(22-30-46)62(4,5)6)59-55-49-37-43(65(13,14)15)25-33-53(49)69-54-34-26-44(66(16,17)18)38-50(54)56(58(55)69)60(57(59)67)70-51-31-23-41(63(7,8)9)35-47(51)48-36-42(64(10,11)12)24-32-52(48)70/h19-38H,1-18H3. The molecule has 0 unspecified atom stereocenters. The van der Waals surface area contributed by atoms with Gasteiger partial charge in [0.2, 0.25) is 0 Å². The zero-order valence-corrected chi connectivity index (χ0v) is 46.9. The van der Waals surface area contributed by atoms with Crippen molar-refractivity contribution >= 4 is 92.9 Å². The fourth-order valence-corrected chi connectivity index (χ4v) is 11.6. The summed E-state index contributed by atoms with van der Waals surface area (Å²) in [6.07, 6.45) is 0. The van der Waals surface area contributed by atoms with Crippen LogP contribution >= 0.6 is 15.9 Å². The van der Waals surface area contributed by atoms with Crippen molar-refractivity contribution in [2.45, 2.75) is 157 Å². The number of anilines is 3. The third-order valence-electron chi connectivity index (χ3n) is 15.3. The summed E-state index contributed by atoms with van der Waals surface area (Å²) >= 11 is 4.66. The molecule has 3 aromatic heterocycles. The van der Waals surface area contributed by atoms with Gasteiger partial charge in [0.25, 0.3) is 0 Å². The first kappa shape index (κ1) is 48.1. The lowest BCUT2D eigenvalue weighted by molar-refractivity contribution is 0.590. The normalized spacial score (nSPS) is 13.6. The highest BCUT2D eigenvalue weighted by molar-refractivity contribution is 9.10. The molecule has 0 amide bonds. The zero-order chi connectivity index (χ0) is 50.6. The van der Waals surface area contributed by atoms with E-state index < -0.39 is 0 Å². The van der Waals surface area contributed by atoms with Crippen molar-refractivity contribution in [1.82, 2.24) is 8.97 Å². The Morgan fingerprint density at radius 2 is 0.643 bits per heavy atom. The number of hydrogen-bond acceptors (Lipinski definition) is 1. The number of benzene rings is 7. The van der Waals surface area contributed by atoms with E-state index in [4.69, 9.17) is 0 Å². The second kappa shape index (κ2) is 15.7. The molecule has 0 saturated carbocycles. The van der Waals surface area contributed by atoms with E-state index in [-0.39, 0.29) is 32.5 Å². The van der Waals surface area contributed by atoms with Crippen LogP contribution in [0.25, 0.3) is 65.6 Å². The second-order valence-electron chi connectivity index (χ2n) is 26.6. The molecule has 4 heteroatoms. The average molecular weight is 989 g/mol. The molecule has 0 spiro atoms. The molecule has 0 aliphatic rings. The molecule has 0 aliphatic heterocycles. The van der Waals surface area contributed by atoms with E-state index in [2.05, 4.69) is 276 Å². The van der Waals surface area contributed by atoms with E-state index in [1.807, 2.05) is 0 Å². The Labute approximate surface area is 426 Å². The molecule has 0 radical (unpaired) electrons. The van der Waals surface area contributed by atoms with Crippen LogP contribution in [-0.2, 0) is 32.5 Å². The van der Waals surface area contributed by atoms with E-state index >= 15 is 0 Å². The maximum Gasteiger partial charge on any atom is 0.0726 e. The third kappa shape index (κ3) is 7.74. The van der Waals surface area contributed by atoms with Gasteiger partial charge in [0.05, 0.1) is 43.4 Å². The van der Waals surface area contributed by atoms with Crippen molar-refractivity contribution in [2.75, 3.05) is 4.90 Å². The van der Waals surface area contributed by atoms with Crippen molar-refractivity contribution in [1.29, 1.82) is 0 Å². The second-order valence-corrected chi connectivity index (χ2v) is 27.4. The molecule has 360 valence electrons. The molecular weight excluding hydrogens is 915 g/mol. The molecule has 3 nitrogen and oxygen atoms in total. The van der Waals surface area contributed by atoms with Gasteiger partial charge < -0.3 is 13.9 Å². The van der Waals surface area contributed by atoms with Crippen molar-refractivity contribution in [3.63, 3.8) is 0 Å². The van der Waals surface area contributed by atoms with Crippen LogP contribution in [0.1, 0.15) is 158 Å². The fraction of sp³-hybridized carbons (Fsp3) is 0.364. The number of fused-ring (bicyclic) bond motifs is 9. The first-order valence-electron chi connectivity index (χ1n) is 25.5. The summed E-state index contributed by atoms with van der Waals surface area (Å²) in [7, 11) is 0. The van der Waals surface area contributed by atoms with Crippen LogP contribution in [0.2, 0.25) is 0 Å². The van der Waals surface area contributed by atoms with Crippen molar-refractivity contribution in [3.05, 3.63) is 159 Å². The van der Waals surface area contributed by atoms with Gasteiger partial charge in [-0.1, -0.05) is 173 Å². The summed E-state index contributed by atoms with van der Waals surface area (Å²) in [4.78, 5) is 2.55. The Bertz CT molecular complexity index is 3550. The molecule has 10 aromatic rings. The van der Waals surface area contributed by atoms with Crippen LogP contribution in [0.4, 0.5) is 17.1 Å². The summed E-state index contributed by atoms with van der Waals surface area (Å²) in [5.74, 6) is 0. The van der Waals surface area contributed by atoms with Crippen molar-refractivity contribution in [3.8, 4) is 5.69 Å². The quantitative estimate of drug-likeness (QED) is 0.171. The molecule has 0 atom stereocenters. The molecule has 0 saturated heterocycles. The number of rotatable bonds is 4. The number of aromatic nitrogens is 2. The zero-order valence-electron chi connectivity index (χ0n) is 45.3. The predicted molar refractivity (Wildman–Crippen MR) is 310 cm³/mol. The molecule has 3 heterocycles. The molecular formula is C66H74BrN3. The van der Waals surface area contributed by atoms with Crippen LogP contribution in [0.3, 0.4) is 0 Å². The van der Waals surface area contributed by atoms with Crippen molar-refractivity contribution in [2.24, 2.45) is 0 Å². The summed E-state index contributed by atoms with van der Waals surface area (Å²) in [6, 6.07) is 47.7. The van der Waals surface area contributed by atoms with Gasteiger partial charge in [-0.15, -0.1) is 0 Å². The van der Waals surface area contributed by atoms with Gasteiger partial charge in [-0.3, -0.25) is 0 Å². The maximum atomic E-state index is 4.66. The summed E-state index contributed by atoms with van der Waals surface area (Å²) < 4.78 is 6.26. The molecule has 0 fully saturated rings. The van der Waals surface area contributed by atoms with Gasteiger partial charge in [0.15, 0.2) is 0 Å². The van der Waals surface area contributed by atoms with E-state index in [0.29, 0.717) is 0 Å². The van der Waals surface area contributed by atoms with E-state index in [1.165, 1.54) is 93.3 Å². The third-order valence-corrected chi connectivity index (χ3v) is 16.0. The SMILES string of the molecule is CC(C)(C)c1ccc(N(c2ccc(C(C)(C)C)cc2)c2c(Br)c(-n3c4ccc(C(C)(C)C)cc4c4cc(C(C)(C)C)ccc43)c3c4cc(C(C)(C)C)ccc4n4c5ccc(C(C)(C)C)cc5c2c34)cc1. The summed E-state index contributed by atoms with van der Waals surface area (Å²) in [5, 5.41) is 7.57. The van der Waals surface area contributed by atoms with Crippen LogP contribution in [0.15, 0.2) is 126 Å². The van der Waals surface area contributed by atoms with Gasteiger partial charge in [0.1, 0.15) is 0 Å². The van der Waals surface area contributed by atoms with E-state index in [9.17, 15) is 0 Å². The van der Waals surface area contributed by atoms with Crippen LogP contribution in [0, 0.1) is 0 Å². The van der Waals surface area contributed by atoms with Gasteiger partial charge in [-0.25, -0.2) is 0 Å². The lowest BCUT2D eigenvalue weighted by Gasteiger charge is -2.31. The Hall–Kier alpha value is -5.58. The lowest BCUT2D eigenvalue weighted by Crippen LogP contribution is -2.15. The molecule has 0 aliphatic carbocycles. The summed E-state index contributed by atoms with van der Waals surface area (Å²) in [5.41, 5.74) is 18.4.